The van der Waals surface area contributed by atoms with Crippen molar-refractivity contribution < 1.29 is 29.1 Å². The molecule has 1 aliphatic carbocycles. The van der Waals surface area contributed by atoms with Gasteiger partial charge in [0.15, 0.2) is 0 Å². The molecular weight excluding hydrogens is 408 g/mol. The van der Waals surface area contributed by atoms with E-state index in [1.165, 1.54) is 0 Å². The molecule has 0 saturated heterocycles. The molecule has 2 unspecified atom stereocenters. The molecule has 2 aromatic carbocycles. The van der Waals surface area contributed by atoms with Gasteiger partial charge in [0.2, 0.25) is 0 Å². The van der Waals surface area contributed by atoms with E-state index in [9.17, 15) is 9.59 Å². The zero-order chi connectivity index (χ0) is 23.1. The fraction of sp³-hybridized carbons (Fsp3) is 0.462. The number of rotatable bonds is 8. The topological polar surface area (TPSA) is 71.1 Å². The van der Waals surface area contributed by atoms with Crippen molar-refractivity contribution in [2.45, 2.75) is 77.4 Å². The lowest BCUT2D eigenvalue weighted by Crippen LogP contribution is -2.36. The zero-order valence-electron chi connectivity index (χ0n) is 19.2. The summed E-state index contributed by atoms with van der Waals surface area (Å²) in [6.45, 7) is 8.36. The molecule has 0 spiro atoms. The van der Waals surface area contributed by atoms with E-state index >= 15 is 0 Å². The molecule has 0 amide bonds. The standard InChI is InChI=1S/C26H32O6/c1-17(2)19-9-13-21(14-10-19)25(27)31-29-23-7-5-6-8-24(23)30-32-26(28)22-15-11-20(12-16-22)18(3)4/h9-18,23-24H,5-8H2,1-4H3. The van der Waals surface area contributed by atoms with Gasteiger partial charge >= 0.3 is 11.9 Å². The number of hydrogen-bond donors (Lipinski definition) is 0. The third-order valence-corrected chi connectivity index (χ3v) is 5.76. The fourth-order valence-corrected chi connectivity index (χ4v) is 3.60. The van der Waals surface area contributed by atoms with Crippen LogP contribution in [0.25, 0.3) is 0 Å². The van der Waals surface area contributed by atoms with Crippen molar-refractivity contribution in [3.8, 4) is 0 Å². The van der Waals surface area contributed by atoms with Crippen molar-refractivity contribution in [1.82, 2.24) is 0 Å². The van der Waals surface area contributed by atoms with Crippen LogP contribution in [0.1, 0.15) is 97.1 Å². The predicted molar refractivity (Wildman–Crippen MR) is 120 cm³/mol. The average Bonchev–Trinajstić information content (AvgIpc) is 2.81. The number of benzene rings is 2. The Bertz CT molecular complexity index is 810. The van der Waals surface area contributed by atoms with Gasteiger partial charge in [0.1, 0.15) is 12.2 Å². The Labute approximate surface area is 189 Å². The molecule has 32 heavy (non-hydrogen) atoms. The Kier molecular flexibility index (Phi) is 8.42. The minimum absolute atomic E-state index is 0.382. The summed E-state index contributed by atoms with van der Waals surface area (Å²) >= 11 is 0. The van der Waals surface area contributed by atoms with E-state index < -0.39 is 24.1 Å². The van der Waals surface area contributed by atoms with E-state index in [0.717, 1.165) is 24.0 Å². The first kappa shape index (κ1) is 24.0. The van der Waals surface area contributed by atoms with Gasteiger partial charge in [-0.1, -0.05) is 64.8 Å². The molecule has 6 nitrogen and oxygen atoms in total. The molecule has 2 aromatic rings. The predicted octanol–water partition coefficient (Wildman–Crippen LogP) is 6.12. The number of hydrogen-bond acceptors (Lipinski definition) is 6. The highest BCUT2D eigenvalue weighted by atomic mass is 17.2. The highest BCUT2D eigenvalue weighted by Gasteiger charge is 2.31. The van der Waals surface area contributed by atoms with E-state index in [1.807, 2.05) is 24.3 Å². The van der Waals surface area contributed by atoms with Crippen molar-refractivity contribution in [3.63, 3.8) is 0 Å². The van der Waals surface area contributed by atoms with E-state index in [1.54, 1.807) is 24.3 Å². The molecule has 1 aliphatic rings. The Morgan fingerprint density at radius 2 is 1.00 bits per heavy atom. The van der Waals surface area contributed by atoms with Gasteiger partial charge in [-0.2, -0.15) is 9.78 Å². The van der Waals surface area contributed by atoms with E-state index in [-0.39, 0.29) is 0 Å². The molecule has 1 saturated carbocycles. The summed E-state index contributed by atoms with van der Waals surface area (Å²) in [5, 5.41) is 0. The Morgan fingerprint density at radius 3 is 1.31 bits per heavy atom. The monoisotopic (exact) mass is 440 g/mol. The van der Waals surface area contributed by atoms with Crippen LogP contribution in [-0.4, -0.2) is 24.1 Å². The molecule has 1 fully saturated rings. The molecule has 172 valence electrons. The quantitative estimate of drug-likeness (QED) is 0.364. The van der Waals surface area contributed by atoms with Gasteiger partial charge in [-0.15, -0.1) is 0 Å². The first-order valence-electron chi connectivity index (χ1n) is 11.3. The zero-order valence-corrected chi connectivity index (χ0v) is 19.2. The van der Waals surface area contributed by atoms with Crippen LogP contribution in [0.5, 0.6) is 0 Å². The third-order valence-electron chi connectivity index (χ3n) is 5.76. The Hall–Kier alpha value is -2.70. The van der Waals surface area contributed by atoms with Crippen LogP contribution in [-0.2, 0) is 19.6 Å². The maximum atomic E-state index is 12.3. The molecular formula is C26H32O6. The minimum Gasteiger partial charge on any atom is -0.292 e. The second-order valence-corrected chi connectivity index (χ2v) is 8.85. The van der Waals surface area contributed by atoms with E-state index in [4.69, 9.17) is 19.6 Å². The summed E-state index contributed by atoms with van der Waals surface area (Å²) < 4.78 is 0. The summed E-state index contributed by atoms with van der Waals surface area (Å²) in [6.07, 6.45) is 2.11. The molecule has 6 heteroatoms. The maximum absolute atomic E-state index is 12.3. The first-order chi connectivity index (χ1) is 15.3. The second-order valence-electron chi connectivity index (χ2n) is 8.85. The highest BCUT2D eigenvalue weighted by Crippen LogP contribution is 2.25. The SMILES string of the molecule is CC(C)c1ccc(C(=O)OOC2CCCCC2OOC(=O)c2ccc(C(C)C)cc2)cc1. The summed E-state index contributed by atoms with van der Waals surface area (Å²) in [7, 11) is 0. The molecule has 0 radical (unpaired) electrons. The Balaban J connectivity index is 1.51. The summed E-state index contributed by atoms with van der Waals surface area (Å²) in [4.78, 5) is 45.6. The lowest BCUT2D eigenvalue weighted by molar-refractivity contribution is -0.352. The van der Waals surface area contributed by atoms with Crippen molar-refractivity contribution in [2.75, 3.05) is 0 Å². The molecule has 0 bridgehead atoms. The van der Waals surface area contributed by atoms with Crippen LogP contribution in [0, 0.1) is 0 Å². The van der Waals surface area contributed by atoms with Gasteiger partial charge in [-0.05, 0) is 60.1 Å². The largest absolute Gasteiger partial charge is 0.373 e. The molecule has 3 rings (SSSR count). The lowest BCUT2D eigenvalue weighted by Gasteiger charge is -2.28. The van der Waals surface area contributed by atoms with Crippen LogP contribution in [0.4, 0.5) is 0 Å². The molecule has 0 N–H and O–H groups in total. The van der Waals surface area contributed by atoms with Crippen molar-refractivity contribution in [2.24, 2.45) is 0 Å². The van der Waals surface area contributed by atoms with Crippen molar-refractivity contribution in [3.05, 3.63) is 70.8 Å². The fourth-order valence-electron chi connectivity index (χ4n) is 3.60. The van der Waals surface area contributed by atoms with Crippen LogP contribution in [0.15, 0.2) is 48.5 Å². The van der Waals surface area contributed by atoms with Crippen LogP contribution in [0.3, 0.4) is 0 Å². The number of carbonyl (C=O) groups is 2. The molecule has 2 atom stereocenters. The first-order valence-corrected chi connectivity index (χ1v) is 11.3. The average molecular weight is 441 g/mol. The van der Waals surface area contributed by atoms with Crippen LogP contribution in [0.2, 0.25) is 0 Å². The Morgan fingerprint density at radius 1 is 0.656 bits per heavy atom. The van der Waals surface area contributed by atoms with E-state index in [2.05, 4.69) is 27.7 Å². The van der Waals surface area contributed by atoms with Gasteiger partial charge < -0.3 is 0 Å². The van der Waals surface area contributed by atoms with Crippen LogP contribution < -0.4 is 0 Å². The maximum Gasteiger partial charge on any atom is 0.373 e. The van der Waals surface area contributed by atoms with Gasteiger partial charge in [0.05, 0.1) is 11.1 Å². The molecule has 0 aliphatic heterocycles. The van der Waals surface area contributed by atoms with Crippen molar-refractivity contribution >= 4 is 11.9 Å². The second kappa shape index (κ2) is 11.2. The lowest BCUT2D eigenvalue weighted by atomic mass is 9.95. The minimum atomic E-state index is -0.563. The molecule has 0 heterocycles. The summed E-state index contributed by atoms with van der Waals surface area (Å²) in [5.74, 6) is -0.363. The normalized spacial score (nSPS) is 18.6. The summed E-state index contributed by atoms with van der Waals surface area (Å²) in [6, 6.07) is 14.5. The highest BCUT2D eigenvalue weighted by molar-refractivity contribution is 5.89. The van der Waals surface area contributed by atoms with Gasteiger partial charge in [0.25, 0.3) is 0 Å². The molecule has 0 aromatic heterocycles. The third kappa shape index (κ3) is 6.40. The van der Waals surface area contributed by atoms with Gasteiger partial charge in [0, 0.05) is 0 Å². The van der Waals surface area contributed by atoms with Gasteiger partial charge in [-0.3, -0.25) is 9.78 Å². The number of carbonyl (C=O) groups excluding carboxylic acids is 2. The smallest absolute Gasteiger partial charge is 0.292 e. The van der Waals surface area contributed by atoms with Crippen molar-refractivity contribution in [1.29, 1.82) is 0 Å². The van der Waals surface area contributed by atoms with Crippen LogP contribution >= 0.6 is 0 Å². The van der Waals surface area contributed by atoms with E-state index in [0.29, 0.717) is 35.8 Å². The van der Waals surface area contributed by atoms with Gasteiger partial charge in [-0.25, -0.2) is 9.59 Å². The summed E-state index contributed by atoms with van der Waals surface area (Å²) in [5.41, 5.74) is 3.12.